The van der Waals surface area contributed by atoms with Crippen LogP contribution in [0.2, 0.25) is 0 Å². The Balaban J connectivity index is 1.43. The summed E-state index contributed by atoms with van der Waals surface area (Å²) >= 11 is 0. The molecule has 4 rings (SSSR count). The quantitative estimate of drug-likeness (QED) is 0.772. The zero-order chi connectivity index (χ0) is 19.7. The van der Waals surface area contributed by atoms with Crippen molar-refractivity contribution in [3.63, 3.8) is 0 Å². The number of rotatable bonds is 5. The maximum absolute atomic E-state index is 12.6. The third kappa shape index (κ3) is 3.09. The van der Waals surface area contributed by atoms with Crippen molar-refractivity contribution in [1.82, 2.24) is 20.4 Å². The Bertz CT molecular complexity index is 854. The van der Waals surface area contributed by atoms with Crippen molar-refractivity contribution in [2.24, 2.45) is 0 Å². The summed E-state index contributed by atoms with van der Waals surface area (Å²) in [6, 6.07) is 15.2. The Morgan fingerprint density at radius 1 is 0.607 bits per heavy atom. The van der Waals surface area contributed by atoms with Gasteiger partial charge in [-0.1, -0.05) is 60.7 Å². The van der Waals surface area contributed by atoms with Crippen LogP contribution in [0.15, 0.2) is 60.7 Å². The summed E-state index contributed by atoms with van der Waals surface area (Å²) in [7, 11) is 0. The van der Waals surface area contributed by atoms with Gasteiger partial charge in [-0.3, -0.25) is 19.4 Å². The molecule has 2 heterocycles. The van der Waals surface area contributed by atoms with E-state index in [9.17, 15) is 19.2 Å². The van der Waals surface area contributed by atoms with Crippen LogP contribution in [0.3, 0.4) is 0 Å². The van der Waals surface area contributed by atoms with Gasteiger partial charge in [-0.05, 0) is 11.1 Å². The van der Waals surface area contributed by atoms with E-state index in [4.69, 9.17) is 0 Å². The first kappa shape index (κ1) is 17.7. The smallest absolute Gasteiger partial charge is 0.322 e. The van der Waals surface area contributed by atoms with Crippen LogP contribution in [0, 0.1) is 0 Å². The molecule has 2 aliphatic heterocycles. The second kappa shape index (κ2) is 7.15. The predicted molar refractivity (Wildman–Crippen MR) is 98.9 cm³/mol. The maximum atomic E-state index is 12.6. The number of nitrogens with zero attached hydrogens (tertiary/aromatic N) is 2. The number of hydrogen-bond donors (Lipinski definition) is 2. The molecule has 0 bridgehead atoms. The molecule has 2 fully saturated rings. The van der Waals surface area contributed by atoms with Crippen LogP contribution in [-0.4, -0.2) is 46.8 Å². The fourth-order valence-corrected chi connectivity index (χ4v) is 3.40. The van der Waals surface area contributed by atoms with E-state index in [2.05, 4.69) is 10.6 Å². The minimum Gasteiger partial charge on any atom is -0.322 e. The van der Waals surface area contributed by atoms with Crippen LogP contribution in [0.5, 0.6) is 0 Å². The van der Waals surface area contributed by atoms with Crippen LogP contribution in [0.25, 0.3) is 0 Å². The second-order valence-corrected chi connectivity index (χ2v) is 6.57. The van der Waals surface area contributed by atoms with Gasteiger partial charge in [-0.25, -0.2) is 9.59 Å². The molecule has 0 saturated carbocycles. The summed E-state index contributed by atoms with van der Waals surface area (Å²) in [4.78, 5) is 51.7. The van der Waals surface area contributed by atoms with Crippen LogP contribution in [-0.2, 0) is 9.59 Å². The lowest BCUT2D eigenvalue weighted by atomic mass is 10.1. The highest BCUT2D eigenvalue weighted by molar-refractivity contribution is 6.06. The lowest BCUT2D eigenvalue weighted by molar-refractivity contribution is -0.130. The SMILES string of the molecule is O=C1N[C@H](c2ccccc2)C(=O)N1CCN1C(=O)N[C@H](c2ccccc2)C1=O. The normalized spacial score (nSPS) is 21.9. The van der Waals surface area contributed by atoms with Gasteiger partial charge in [-0.2, -0.15) is 0 Å². The zero-order valence-corrected chi connectivity index (χ0v) is 14.9. The molecule has 2 atom stereocenters. The number of carbonyl (C=O) groups is 4. The number of carbonyl (C=O) groups excluding carboxylic acids is 4. The van der Waals surface area contributed by atoms with Crippen LogP contribution < -0.4 is 10.6 Å². The molecule has 2 aromatic carbocycles. The number of imide groups is 2. The van der Waals surface area contributed by atoms with E-state index in [1.807, 2.05) is 12.1 Å². The van der Waals surface area contributed by atoms with E-state index in [-0.39, 0.29) is 13.1 Å². The molecule has 2 saturated heterocycles. The molecule has 28 heavy (non-hydrogen) atoms. The summed E-state index contributed by atoms with van der Waals surface area (Å²) in [5, 5.41) is 5.27. The van der Waals surface area contributed by atoms with E-state index >= 15 is 0 Å². The Hall–Kier alpha value is -3.68. The van der Waals surface area contributed by atoms with Crippen LogP contribution in [0.4, 0.5) is 9.59 Å². The molecule has 8 heteroatoms. The van der Waals surface area contributed by atoms with Gasteiger partial charge in [0.05, 0.1) is 0 Å². The summed E-state index contributed by atoms with van der Waals surface area (Å²) in [6.07, 6.45) is 0. The molecule has 0 radical (unpaired) electrons. The van der Waals surface area contributed by atoms with E-state index < -0.39 is 36.0 Å². The molecule has 0 unspecified atom stereocenters. The molecule has 0 aromatic heterocycles. The Kier molecular flexibility index (Phi) is 4.52. The fourth-order valence-electron chi connectivity index (χ4n) is 3.40. The van der Waals surface area contributed by atoms with Gasteiger partial charge in [0.2, 0.25) is 0 Å². The van der Waals surface area contributed by atoms with Gasteiger partial charge in [0.15, 0.2) is 0 Å². The average molecular weight is 378 g/mol. The number of amides is 6. The minimum atomic E-state index is -0.756. The van der Waals surface area contributed by atoms with Crippen molar-refractivity contribution in [3.05, 3.63) is 71.8 Å². The first-order valence-electron chi connectivity index (χ1n) is 8.90. The van der Waals surface area contributed by atoms with E-state index in [0.29, 0.717) is 11.1 Å². The molecule has 0 spiro atoms. The first-order valence-corrected chi connectivity index (χ1v) is 8.90. The monoisotopic (exact) mass is 378 g/mol. The maximum Gasteiger partial charge on any atom is 0.325 e. The van der Waals surface area contributed by atoms with Crippen molar-refractivity contribution in [3.8, 4) is 0 Å². The van der Waals surface area contributed by atoms with Crippen LogP contribution in [0.1, 0.15) is 23.2 Å². The van der Waals surface area contributed by atoms with Gasteiger partial charge in [0, 0.05) is 13.1 Å². The van der Waals surface area contributed by atoms with Gasteiger partial charge >= 0.3 is 12.1 Å². The summed E-state index contributed by atoms with van der Waals surface area (Å²) in [5.41, 5.74) is 1.37. The molecule has 2 aromatic rings. The van der Waals surface area contributed by atoms with Crippen LogP contribution >= 0.6 is 0 Å². The van der Waals surface area contributed by atoms with E-state index in [1.165, 1.54) is 0 Å². The van der Waals surface area contributed by atoms with Gasteiger partial charge < -0.3 is 10.6 Å². The van der Waals surface area contributed by atoms with Crippen molar-refractivity contribution in [1.29, 1.82) is 0 Å². The third-order valence-electron chi connectivity index (χ3n) is 4.86. The number of urea groups is 2. The molecular weight excluding hydrogens is 360 g/mol. The minimum absolute atomic E-state index is 0.0608. The van der Waals surface area contributed by atoms with Crippen molar-refractivity contribution in [2.75, 3.05) is 13.1 Å². The molecule has 2 aliphatic rings. The number of benzene rings is 2. The highest BCUT2D eigenvalue weighted by atomic mass is 16.2. The Labute approximate surface area is 161 Å². The molecule has 6 amide bonds. The number of hydrogen-bond acceptors (Lipinski definition) is 4. The van der Waals surface area contributed by atoms with Crippen molar-refractivity contribution < 1.29 is 19.2 Å². The lowest BCUT2D eigenvalue weighted by Gasteiger charge is -2.17. The fraction of sp³-hybridized carbons (Fsp3) is 0.200. The first-order chi connectivity index (χ1) is 13.6. The second-order valence-electron chi connectivity index (χ2n) is 6.57. The topological polar surface area (TPSA) is 98.8 Å². The molecular formula is C20H18N4O4. The molecule has 8 nitrogen and oxygen atoms in total. The van der Waals surface area contributed by atoms with E-state index in [1.54, 1.807) is 48.5 Å². The Morgan fingerprint density at radius 2 is 0.964 bits per heavy atom. The van der Waals surface area contributed by atoms with Gasteiger partial charge in [0.1, 0.15) is 12.1 Å². The summed E-state index contributed by atoms with van der Waals surface area (Å²) < 4.78 is 0. The standard InChI is InChI=1S/C20H18N4O4/c25-17-15(13-7-3-1-4-8-13)21-19(27)23(17)11-12-24-18(26)16(22-20(24)28)14-9-5-2-6-10-14/h1-10,15-16H,11-12H2,(H,21,27)(H,22,28)/t15-,16-/m1/s1. The highest BCUT2D eigenvalue weighted by Gasteiger charge is 2.42. The van der Waals surface area contributed by atoms with Crippen molar-refractivity contribution in [2.45, 2.75) is 12.1 Å². The average Bonchev–Trinajstić information content (AvgIpc) is 3.17. The highest BCUT2D eigenvalue weighted by Crippen LogP contribution is 2.24. The molecule has 0 aliphatic carbocycles. The summed E-state index contributed by atoms with van der Waals surface area (Å²) in [5.74, 6) is -0.800. The molecule has 2 N–H and O–H groups in total. The van der Waals surface area contributed by atoms with Gasteiger partial charge in [-0.15, -0.1) is 0 Å². The van der Waals surface area contributed by atoms with E-state index in [0.717, 1.165) is 9.80 Å². The van der Waals surface area contributed by atoms with Crippen molar-refractivity contribution >= 4 is 23.9 Å². The Morgan fingerprint density at radius 3 is 1.32 bits per heavy atom. The van der Waals surface area contributed by atoms with Gasteiger partial charge in [0.25, 0.3) is 11.8 Å². The predicted octanol–water partition coefficient (Wildman–Crippen LogP) is 1.57. The zero-order valence-electron chi connectivity index (χ0n) is 14.9. The molecule has 142 valence electrons. The lowest BCUT2D eigenvalue weighted by Crippen LogP contribution is -2.41. The summed E-state index contributed by atoms with van der Waals surface area (Å²) in [6.45, 7) is -0.122. The number of nitrogens with one attached hydrogen (secondary N) is 2. The largest absolute Gasteiger partial charge is 0.325 e. The third-order valence-corrected chi connectivity index (χ3v) is 4.86.